The van der Waals surface area contributed by atoms with Gasteiger partial charge in [-0.3, -0.25) is 14.2 Å². The number of esters is 2. The molecule has 9 nitrogen and oxygen atoms in total. The first-order chi connectivity index (χ1) is 27.0. The van der Waals surface area contributed by atoms with Crippen LogP contribution in [-0.2, 0) is 32.7 Å². The van der Waals surface area contributed by atoms with Gasteiger partial charge in [-0.25, -0.2) is 0 Å². The average molecular weight is 810 g/mol. The van der Waals surface area contributed by atoms with Crippen molar-refractivity contribution in [1.82, 2.24) is 0 Å². The summed E-state index contributed by atoms with van der Waals surface area (Å²) >= 11 is 0. The summed E-state index contributed by atoms with van der Waals surface area (Å²) < 4.78 is 33.9. The smallest absolute Gasteiger partial charge is 0.306 e. The summed E-state index contributed by atoms with van der Waals surface area (Å²) in [5.41, 5.74) is 0. The van der Waals surface area contributed by atoms with Crippen molar-refractivity contribution in [1.29, 1.82) is 0 Å². The fraction of sp³-hybridized carbons (Fsp3) is 0.783. The highest BCUT2D eigenvalue weighted by Crippen LogP contribution is 2.38. The van der Waals surface area contributed by atoms with Crippen molar-refractivity contribution in [2.24, 2.45) is 0 Å². The molecule has 0 aromatic heterocycles. The Balaban J connectivity index is 4.41. The molecule has 56 heavy (non-hydrogen) atoms. The van der Waals surface area contributed by atoms with Crippen LogP contribution >= 0.6 is 7.82 Å². The van der Waals surface area contributed by atoms with Crippen molar-refractivity contribution in [2.75, 3.05) is 47.5 Å². The molecule has 1 unspecified atom stereocenters. The van der Waals surface area contributed by atoms with Crippen molar-refractivity contribution >= 4 is 19.8 Å². The third kappa shape index (κ3) is 41.6. The van der Waals surface area contributed by atoms with Crippen molar-refractivity contribution in [3.8, 4) is 0 Å². The third-order valence-corrected chi connectivity index (χ3v) is 10.3. The molecule has 2 atom stereocenters. The Bertz CT molecular complexity index is 1100. The van der Waals surface area contributed by atoms with Crippen molar-refractivity contribution < 1.29 is 42.1 Å². The molecule has 10 heteroatoms. The Morgan fingerprint density at radius 1 is 0.554 bits per heavy atom. The van der Waals surface area contributed by atoms with Gasteiger partial charge >= 0.3 is 11.9 Å². The molecule has 326 valence electrons. The summed E-state index contributed by atoms with van der Waals surface area (Å²) in [5, 5.41) is 0. The number of likely N-dealkylation sites (N-methyl/N-ethyl adjacent to an activating group) is 1. The normalized spacial score (nSPS) is 14.0. The molecular weight excluding hydrogens is 725 g/mol. The van der Waals surface area contributed by atoms with Gasteiger partial charge in [-0.05, 0) is 77.0 Å². The minimum atomic E-state index is -4.63. The molecule has 0 aliphatic rings. The maximum absolute atomic E-state index is 12.7. The fourth-order valence-corrected chi connectivity index (χ4v) is 6.50. The number of nitrogens with zero attached hydrogens (tertiary/aromatic N) is 1. The number of ether oxygens (including phenoxy) is 2. The first-order valence-electron chi connectivity index (χ1n) is 22.3. The summed E-state index contributed by atoms with van der Waals surface area (Å²) in [5.74, 6) is -0.866. The summed E-state index contributed by atoms with van der Waals surface area (Å²) in [6.07, 6.45) is 44.1. The van der Waals surface area contributed by atoms with Crippen molar-refractivity contribution in [3.63, 3.8) is 0 Å². The first kappa shape index (κ1) is 54.0. The molecule has 0 saturated heterocycles. The maximum atomic E-state index is 12.7. The molecule has 0 amide bonds. The van der Waals surface area contributed by atoms with Gasteiger partial charge in [0.2, 0.25) is 0 Å². The highest BCUT2D eigenvalue weighted by atomic mass is 31.2. The number of quaternary nitrogens is 1. The molecule has 0 aromatic carbocycles. The Hall–Kier alpha value is -2.03. The number of hydrogen-bond donors (Lipinski definition) is 0. The van der Waals surface area contributed by atoms with E-state index in [1.165, 1.54) is 77.0 Å². The van der Waals surface area contributed by atoms with E-state index in [0.717, 1.165) is 70.6 Å². The average Bonchev–Trinajstić information content (AvgIpc) is 3.15. The van der Waals surface area contributed by atoms with E-state index < -0.39 is 32.5 Å². The Labute approximate surface area is 343 Å². The van der Waals surface area contributed by atoms with Gasteiger partial charge in [0.05, 0.1) is 27.7 Å². The molecule has 0 radical (unpaired) electrons. The fourth-order valence-electron chi connectivity index (χ4n) is 5.77. The minimum absolute atomic E-state index is 0.0374. The van der Waals surface area contributed by atoms with Gasteiger partial charge in [0.15, 0.2) is 6.10 Å². The van der Waals surface area contributed by atoms with Crippen LogP contribution in [0.1, 0.15) is 181 Å². The van der Waals surface area contributed by atoms with Crippen LogP contribution in [0.25, 0.3) is 0 Å². The van der Waals surface area contributed by atoms with Crippen LogP contribution in [0.4, 0.5) is 0 Å². The van der Waals surface area contributed by atoms with Crippen LogP contribution in [0.15, 0.2) is 48.6 Å². The Morgan fingerprint density at radius 2 is 0.964 bits per heavy atom. The molecule has 0 fully saturated rings. The van der Waals surface area contributed by atoms with E-state index in [9.17, 15) is 19.0 Å². The summed E-state index contributed by atoms with van der Waals surface area (Å²) in [6, 6.07) is 0. The highest BCUT2D eigenvalue weighted by Gasteiger charge is 2.21. The molecule has 0 spiro atoms. The van der Waals surface area contributed by atoms with Crippen LogP contribution in [0, 0.1) is 0 Å². The standard InChI is InChI=1S/C46H84NO8P/c1-6-8-10-12-14-16-18-20-22-23-25-27-29-31-33-35-37-39-46(49)55-44(43-54-56(50,51)53-41-40-47(3,4)5)42-52-45(48)38-36-34-32-30-28-26-24-21-19-17-15-13-11-9-7-2/h14,16-17,19-20,22,25,27,44H,6-13,15,18,21,23-24,26,28-43H2,1-5H3/b16-14+,19-17+,22-20+,27-25+/t44-/m1/s1. The van der Waals surface area contributed by atoms with E-state index in [-0.39, 0.29) is 26.1 Å². The number of rotatable bonds is 40. The quantitative estimate of drug-likeness (QED) is 0.0198. The lowest BCUT2D eigenvalue weighted by Crippen LogP contribution is -2.37. The van der Waals surface area contributed by atoms with Crippen LogP contribution < -0.4 is 4.89 Å². The largest absolute Gasteiger partial charge is 0.756 e. The summed E-state index contributed by atoms with van der Waals surface area (Å²) in [7, 11) is 1.14. The van der Waals surface area contributed by atoms with Gasteiger partial charge in [-0.2, -0.15) is 0 Å². The zero-order chi connectivity index (χ0) is 41.4. The molecule has 0 rings (SSSR count). The minimum Gasteiger partial charge on any atom is -0.756 e. The number of carbonyl (C=O) groups is 2. The molecule has 0 aliphatic carbocycles. The Kier molecular flexibility index (Phi) is 37.1. The Morgan fingerprint density at radius 3 is 1.48 bits per heavy atom. The summed E-state index contributed by atoms with van der Waals surface area (Å²) in [4.78, 5) is 37.5. The van der Waals surface area contributed by atoms with Crippen LogP contribution in [0.5, 0.6) is 0 Å². The van der Waals surface area contributed by atoms with Gasteiger partial charge in [0.25, 0.3) is 7.82 Å². The van der Waals surface area contributed by atoms with E-state index in [2.05, 4.69) is 62.5 Å². The zero-order valence-corrected chi connectivity index (χ0v) is 37.5. The highest BCUT2D eigenvalue weighted by molar-refractivity contribution is 7.45. The lowest BCUT2D eigenvalue weighted by molar-refractivity contribution is -0.870. The molecule has 0 N–H and O–H groups in total. The number of phosphoric acid groups is 1. The summed E-state index contributed by atoms with van der Waals surface area (Å²) in [6.45, 7) is 4.15. The van der Waals surface area contributed by atoms with E-state index in [4.69, 9.17) is 18.5 Å². The predicted octanol–water partition coefficient (Wildman–Crippen LogP) is 12.1. The second kappa shape index (κ2) is 38.5. The van der Waals surface area contributed by atoms with E-state index in [0.29, 0.717) is 17.4 Å². The SMILES string of the molecule is CCCCC/C=C/C/C=C/C/C=C/CCCCCCC(=O)O[C@H](COC(=O)CCCCCCCCC/C=C/CCCCCC)COP(=O)([O-])OCC[N+](C)(C)C. The number of unbranched alkanes of at least 4 members (excludes halogenated alkanes) is 18. The third-order valence-electron chi connectivity index (χ3n) is 9.32. The van der Waals surface area contributed by atoms with Crippen molar-refractivity contribution in [2.45, 2.75) is 187 Å². The monoisotopic (exact) mass is 810 g/mol. The maximum Gasteiger partial charge on any atom is 0.306 e. The molecule has 0 saturated carbocycles. The van der Waals surface area contributed by atoms with E-state index in [1.807, 2.05) is 21.1 Å². The van der Waals surface area contributed by atoms with Crippen molar-refractivity contribution in [3.05, 3.63) is 48.6 Å². The second-order valence-corrected chi connectivity index (χ2v) is 17.5. The number of carbonyl (C=O) groups excluding carboxylic acids is 2. The van der Waals surface area contributed by atoms with Crippen LogP contribution in [0.3, 0.4) is 0 Å². The number of hydrogen-bond acceptors (Lipinski definition) is 8. The van der Waals surface area contributed by atoms with E-state index in [1.54, 1.807) is 0 Å². The van der Waals surface area contributed by atoms with Crippen LogP contribution in [0.2, 0.25) is 0 Å². The first-order valence-corrected chi connectivity index (χ1v) is 23.8. The topological polar surface area (TPSA) is 111 Å². The lowest BCUT2D eigenvalue weighted by atomic mass is 10.1. The van der Waals surface area contributed by atoms with Gasteiger partial charge in [-0.1, -0.05) is 140 Å². The molecule has 0 aromatic rings. The molecular formula is C46H84NO8P. The lowest BCUT2D eigenvalue weighted by Gasteiger charge is -2.28. The number of phosphoric ester groups is 1. The van der Waals surface area contributed by atoms with Gasteiger partial charge in [0, 0.05) is 12.8 Å². The zero-order valence-electron chi connectivity index (χ0n) is 36.6. The predicted molar refractivity (Wildman–Crippen MR) is 231 cm³/mol. The van der Waals surface area contributed by atoms with Gasteiger partial charge in [0.1, 0.15) is 19.8 Å². The molecule has 0 aliphatic heterocycles. The van der Waals surface area contributed by atoms with Gasteiger partial charge in [-0.15, -0.1) is 0 Å². The molecule has 0 heterocycles. The van der Waals surface area contributed by atoms with E-state index >= 15 is 0 Å². The molecule has 0 bridgehead atoms. The number of allylic oxidation sites excluding steroid dienone is 8. The second-order valence-electron chi connectivity index (χ2n) is 16.1. The van der Waals surface area contributed by atoms with Gasteiger partial charge < -0.3 is 27.9 Å². The van der Waals surface area contributed by atoms with Crippen LogP contribution in [-0.4, -0.2) is 70.0 Å².